The van der Waals surface area contributed by atoms with Gasteiger partial charge in [-0.1, -0.05) is 18.2 Å². The standard InChI is InChI=1S/C13H10F3NO/c14-13(15,16)12-6-9(8-18)3-4-11(12)10-2-1-5-17-7-10/h1-7,18H,8H2. The molecule has 94 valence electrons. The third-order valence-corrected chi connectivity index (χ3v) is 2.54. The molecular weight excluding hydrogens is 243 g/mol. The molecule has 1 aromatic carbocycles. The molecular formula is C13H10F3NO. The largest absolute Gasteiger partial charge is 0.417 e. The van der Waals surface area contributed by atoms with Gasteiger partial charge in [0.25, 0.3) is 0 Å². The zero-order valence-corrected chi connectivity index (χ0v) is 9.28. The maximum absolute atomic E-state index is 12.9. The van der Waals surface area contributed by atoms with Gasteiger partial charge in [-0.3, -0.25) is 4.98 Å². The lowest BCUT2D eigenvalue weighted by atomic mass is 9.98. The van der Waals surface area contributed by atoms with Crippen LogP contribution in [-0.2, 0) is 12.8 Å². The lowest BCUT2D eigenvalue weighted by Gasteiger charge is -2.14. The Kier molecular flexibility index (Phi) is 3.34. The molecule has 2 rings (SSSR count). The molecule has 2 nitrogen and oxygen atoms in total. The van der Waals surface area contributed by atoms with Crippen molar-refractivity contribution in [2.24, 2.45) is 0 Å². The average Bonchev–Trinajstić information content (AvgIpc) is 2.38. The van der Waals surface area contributed by atoms with E-state index in [9.17, 15) is 13.2 Å². The summed E-state index contributed by atoms with van der Waals surface area (Å²) in [6, 6.07) is 6.93. The van der Waals surface area contributed by atoms with Crippen LogP contribution in [0.5, 0.6) is 0 Å². The van der Waals surface area contributed by atoms with Gasteiger partial charge in [0.15, 0.2) is 0 Å². The van der Waals surface area contributed by atoms with E-state index < -0.39 is 18.3 Å². The minimum Gasteiger partial charge on any atom is -0.392 e. The second kappa shape index (κ2) is 4.78. The fourth-order valence-electron chi connectivity index (χ4n) is 1.70. The van der Waals surface area contributed by atoms with E-state index in [4.69, 9.17) is 5.11 Å². The van der Waals surface area contributed by atoms with Crippen molar-refractivity contribution in [1.29, 1.82) is 0 Å². The molecule has 0 saturated carbocycles. The summed E-state index contributed by atoms with van der Waals surface area (Å²) in [5.41, 5.74) is -0.0702. The maximum atomic E-state index is 12.9. The van der Waals surface area contributed by atoms with E-state index in [1.807, 2.05) is 0 Å². The molecule has 18 heavy (non-hydrogen) atoms. The van der Waals surface area contributed by atoms with Crippen LogP contribution in [0, 0.1) is 0 Å². The van der Waals surface area contributed by atoms with E-state index in [0.717, 1.165) is 6.07 Å². The average molecular weight is 253 g/mol. The smallest absolute Gasteiger partial charge is 0.392 e. The van der Waals surface area contributed by atoms with Crippen LogP contribution in [0.2, 0.25) is 0 Å². The Morgan fingerprint density at radius 3 is 2.50 bits per heavy atom. The number of alkyl halides is 3. The van der Waals surface area contributed by atoms with Crippen LogP contribution in [0.1, 0.15) is 11.1 Å². The zero-order chi connectivity index (χ0) is 13.2. The summed E-state index contributed by atoms with van der Waals surface area (Å²) in [7, 11) is 0. The second-order valence-electron chi connectivity index (χ2n) is 3.78. The molecule has 0 atom stereocenters. The van der Waals surface area contributed by atoms with Crippen molar-refractivity contribution < 1.29 is 18.3 Å². The first-order valence-electron chi connectivity index (χ1n) is 5.24. The molecule has 0 unspecified atom stereocenters. The molecule has 5 heteroatoms. The van der Waals surface area contributed by atoms with Crippen molar-refractivity contribution >= 4 is 0 Å². The molecule has 1 aromatic heterocycles. The quantitative estimate of drug-likeness (QED) is 0.891. The number of rotatable bonds is 2. The van der Waals surface area contributed by atoms with Crippen LogP contribution in [0.3, 0.4) is 0 Å². The Hall–Kier alpha value is -1.88. The Morgan fingerprint density at radius 2 is 1.94 bits per heavy atom. The highest BCUT2D eigenvalue weighted by atomic mass is 19.4. The first-order chi connectivity index (χ1) is 8.52. The summed E-state index contributed by atoms with van der Waals surface area (Å²) < 4.78 is 38.8. The SMILES string of the molecule is OCc1ccc(-c2cccnc2)c(C(F)(F)F)c1. The van der Waals surface area contributed by atoms with E-state index in [1.54, 1.807) is 12.1 Å². The summed E-state index contributed by atoms with van der Waals surface area (Å²) in [4.78, 5) is 3.81. The van der Waals surface area contributed by atoms with Gasteiger partial charge in [0.2, 0.25) is 0 Å². The number of aliphatic hydroxyl groups excluding tert-OH is 1. The third-order valence-electron chi connectivity index (χ3n) is 2.54. The summed E-state index contributed by atoms with van der Waals surface area (Å²) in [5.74, 6) is 0. The second-order valence-corrected chi connectivity index (χ2v) is 3.78. The first-order valence-corrected chi connectivity index (χ1v) is 5.24. The summed E-state index contributed by atoms with van der Waals surface area (Å²) >= 11 is 0. The van der Waals surface area contributed by atoms with Crippen LogP contribution in [-0.4, -0.2) is 10.1 Å². The number of hydrogen-bond acceptors (Lipinski definition) is 2. The Balaban J connectivity index is 2.61. The van der Waals surface area contributed by atoms with Crippen molar-refractivity contribution in [2.45, 2.75) is 12.8 Å². The van der Waals surface area contributed by atoms with Crippen molar-refractivity contribution in [1.82, 2.24) is 4.98 Å². The number of aliphatic hydroxyl groups is 1. The van der Waals surface area contributed by atoms with Crippen LogP contribution in [0.15, 0.2) is 42.7 Å². The molecule has 0 aliphatic heterocycles. The fraction of sp³-hybridized carbons (Fsp3) is 0.154. The third kappa shape index (κ3) is 2.51. The number of aromatic nitrogens is 1. The minimum atomic E-state index is -4.46. The Bertz CT molecular complexity index is 538. The Labute approximate surface area is 102 Å². The van der Waals surface area contributed by atoms with Crippen molar-refractivity contribution in [3.8, 4) is 11.1 Å². The van der Waals surface area contributed by atoms with E-state index in [-0.39, 0.29) is 11.1 Å². The highest BCUT2D eigenvalue weighted by Crippen LogP contribution is 2.37. The van der Waals surface area contributed by atoms with Crippen LogP contribution < -0.4 is 0 Å². The lowest BCUT2D eigenvalue weighted by molar-refractivity contribution is -0.137. The van der Waals surface area contributed by atoms with Gasteiger partial charge >= 0.3 is 6.18 Å². The molecule has 0 fully saturated rings. The number of hydrogen-bond donors (Lipinski definition) is 1. The van der Waals surface area contributed by atoms with Gasteiger partial charge in [0.05, 0.1) is 12.2 Å². The molecule has 0 saturated heterocycles. The molecule has 0 radical (unpaired) electrons. The molecule has 0 spiro atoms. The highest BCUT2D eigenvalue weighted by molar-refractivity contribution is 5.67. The molecule has 1 heterocycles. The van der Waals surface area contributed by atoms with Gasteiger partial charge in [-0.25, -0.2) is 0 Å². The van der Waals surface area contributed by atoms with Crippen molar-refractivity contribution in [3.05, 3.63) is 53.9 Å². The number of benzene rings is 1. The van der Waals surface area contributed by atoms with Gasteiger partial charge in [-0.2, -0.15) is 13.2 Å². The van der Waals surface area contributed by atoms with Gasteiger partial charge in [0, 0.05) is 18.0 Å². The maximum Gasteiger partial charge on any atom is 0.417 e. The fourth-order valence-corrected chi connectivity index (χ4v) is 1.70. The normalized spacial score (nSPS) is 11.6. The number of nitrogens with zero attached hydrogens (tertiary/aromatic N) is 1. The molecule has 1 N–H and O–H groups in total. The minimum absolute atomic E-state index is 0.0628. The summed E-state index contributed by atoms with van der Waals surface area (Å²) in [6.07, 6.45) is -1.58. The number of pyridine rings is 1. The monoisotopic (exact) mass is 253 g/mol. The zero-order valence-electron chi connectivity index (χ0n) is 9.28. The van der Waals surface area contributed by atoms with Gasteiger partial charge in [0.1, 0.15) is 0 Å². The predicted molar refractivity (Wildman–Crippen MR) is 60.6 cm³/mol. The molecule has 0 aliphatic carbocycles. The van der Waals surface area contributed by atoms with E-state index in [2.05, 4.69) is 4.98 Å². The number of halogens is 3. The van der Waals surface area contributed by atoms with Crippen LogP contribution in [0.25, 0.3) is 11.1 Å². The van der Waals surface area contributed by atoms with Gasteiger partial charge in [-0.15, -0.1) is 0 Å². The topological polar surface area (TPSA) is 33.1 Å². The first kappa shape index (κ1) is 12.6. The van der Waals surface area contributed by atoms with Gasteiger partial charge < -0.3 is 5.11 Å². The highest BCUT2D eigenvalue weighted by Gasteiger charge is 2.33. The predicted octanol–water partition coefficient (Wildman–Crippen LogP) is 3.26. The van der Waals surface area contributed by atoms with Gasteiger partial charge in [-0.05, 0) is 23.3 Å². The van der Waals surface area contributed by atoms with E-state index in [0.29, 0.717) is 5.56 Å². The van der Waals surface area contributed by atoms with E-state index in [1.165, 1.54) is 24.5 Å². The molecule has 0 amide bonds. The lowest BCUT2D eigenvalue weighted by Crippen LogP contribution is -2.08. The van der Waals surface area contributed by atoms with Crippen molar-refractivity contribution in [2.75, 3.05) is 0 Å². The van der Waals surface area contributed by atoms with Crippen LogP contribution >= 0.6 is 0 Å². The van der Waals surface area contributed by atoms with Crippen LogP contribution in [0.4, 0.5) is 13.2 Å². The molecule has 0 aliphatic rings. The Morgan fingerprint density at radius 1 is 1.17 bits per heavy atom. The summed E-state index contributed by atoms with van der Waals surface area (Å²) in [5, 5.41) is 8.91. The van der Waals surface area contributed by atoms with E-state index >= 15 is 0 Å². The summed E-state index contributed by atoms with van der Waals surface area (Å²) in [6.45, 7) is -0.420. The molecule has 2 aromatic rings. The molecule has 0 bridgehead atoms. The van der Waals surface area contributed by atoms with Crippen molar-refractivity contribution in [3.63, 3.8) is 0 Å².